The first kappa shape index (κ1) is 23.4. The average molecular weight is 483 g/mol. The standard InChI is InChI=1S/C25H23FN2O5S/c1-5-33-24(30)21-14(2)27-25-28(22(21)16-9-10-18(31-3)19(13-16)32-4)23(29)20(34-25)12-15-7-6-8-17(26)11-15/h6-13,22H,5H2,1-4H3/b20-12-/t22-/m1/s1. The van der Waals surface area contributed by atoms with Crippen LogP contribution in [-0.2, 0) is 9.53 Å². The number of rotatable bonds is 6. The van der Waals surface area contributed by atoms with E-state index in [1.807, 2.05) is 0 Å². The quantitative estimate of drug-likeness (QED) is 0.505. The number of fused-ring (bicyclic) bond motifs is 1. The summed E-state index contributed by atoms with van der Waals surface area (Å²) in [6, 6.07) is 10.4. The molecule has 0 saturated carbocycles. The predicted molar refractivity (Wildman–Crippen MR) is 126 cm³/mol. The first-order valence-electron chi connectivity index (χ1n) is 10.5. The maximum absolute atomic E-state index is 13.7. The number of carbonyl (C=O) groups is 1. The van der Waals surface area contributed by atoms with Crippen molar-refractivity contribution in [3.63, 3.8) is 0 Å². The van der Waals surface area contributed by atoms with Crippen LogP contribution in [0.15, 0.2) is 63.5 Å². The molecule has 2 heterocycles. The largest absolute Gasteiger partial charge is 0.493 e. The number of benzene rings is 2. The lowest BCUT2D eigenvalue weighted by molar-refractivity contribution is -0.139. The van der Waals surface area contributed by atoms with E-state index < -0.39 is 17.8 Å². The van der Waals surface area contributed by atoms with Crippen LogP contribution in [0.4, 0.5) is 4.39 Å². The highest BCUT2D eigenvalue weighted by Gasteiger charge is 2.33. The molecule has 34 heavy (non-hydrogen) atoms. The Labute approximate surface area is 199 Å². The second kappa shape index (κ2) is 9.64. The van der Waals surface area contributed by atoms with E-state index in [-0.39, 0.29) is 17.7 Å². The van der Waals surface area contributed by atoms with Crippen LogP contribution in [0.25, 0.3) is 6.08 Å². The molecule has 4 rings (SSSR count). The number of thiazole rings is 1. The fourth-order valence-electron chi connectivity index (χ4n) is 3.88. The number of ether oxygens (including phenoxy) is 3. The summed E-state index contributed by atoms with van der Waals surface area (Å²) < 4.78 is 31.6. The van der Waals surface area contributed by atoms with Crippen LogP contribution in [-0.4, -0.2) is 31.4 Å². The normalized spacial score (nSPS) is 15.6. The molecule has 0 spiro atoms. The minimum absolute atomic E-state index is 0.179. The highest BCUT2D eigenvalue weighted by Crippen LogP contribution is 2.36. The third-order valence-electron chi connectivity index (χ3n) is 5.39. The number of esters is 1. The van der Waals surface area contributed by atoms with Gasteiger partial charge in [0.25, 0.3) is 5.56 Å². The SMILES string of the molecule is CCOC(=O)C1=C(C)N=c2s/c(=C\c3cccc(F)c3)c(=O)n2[C@@H]1c1ccc(OC)c(OC)c1. The topological polar surface area (TPSA) is 79.1 Å². The van der Waals surface area contributed by atoms with Crippen LogP contribution in [0, 0.1) is 5.82 Å². The van der Waals surface area contributed by atoms with E-state index in [9.17, 15) is 14.0 Å². The van der Waals surface area contributed by atoms with Gasteiger partial charge in [-0.3, -0.25) is 9.36 Å². The summed E-state index contributed by atoms with van der Waals surface area (Å²) in [5, 5.41) is 0. The number of halogens is 1. The van der Waals surface area contributed by atoms with Gasteiger partial charge in [0.05, 0.1) is 42.7 Å². The van der Waals surface area contributed by atoms with Crippen molar-refractivity contribution in [3.05, 3.63) is 90.4 Å². The van der Waals surface area contributed by atoms with E-state index in [0.29, 0.717) is 37.7 Å². The zero-order valence-electron chi connectivity index (χ0n) is 19.1. The average Bonchev–Trinajstić information content (AvgIpc) is 3.12. The van der Waals surface area contributed by atoms with Crippen molar-refractivity contribution in [1.82, 2.24) is 4.57 Å². The Morgan fingerprint density at radius 3 is 2.62 bits per heavy atom. The number of hydrogen-bond acceptors (Lipinski definition) is 7. The number of carbonyl (C=O) groups excluding carboxylic acids is 1. The van der Waals surface area contributed by atoms with Gasteiger partial charge in [-0.05, 0) is 55.3 Å². The van der Waals surface area contributed by atoms with Gasteiger partial charge >= 0.3 is 5.97 Å². The molecule has 0 amide bonds. The van der Waals surface area contributed by atoms with Gasteiger partial charge in [-0.2, -0.15) is 0 Å². The Hall–Kier alpha value is -3.72. The van der Waals surface area contributed by atoms with Gasteiger partial charge < -0.3 is 14.2 Å². The number of hydrogen-bond donors (Lipinski definition) is 0. The molecule has 9 heteroatoms. The summed E-state index contributed by atoms with van der Waals surface area (Å²) in [4.78, 5) is 31.5. The zero-order chi connectivity index (χ0) is 24.4. The van der Waals surface area contributed by atoms with Crippen molar-refractivity contribution in [2.45, 2.75) is 19.9 Å². The number of allylic oxidation sites excluding steroid dienone is 1. The van der Waals surface area contributed by atoms with E-state index in [4.69, 9.17) is 14.2 Å². The van der Waals surface area contributed by atoms with Crippen molar-refractivity contribution in [2.24, 2.45) is 4.99 Å². The molecule has 0 unspecified atom stereocenters. The molecule has 1 aliphatic rings. The molecule has 0 aliphatic carbocycles. The first-order valence-corrected chi connectivity index (χ1v) is 11.4. The highest BCUT2D eigenvalue weighted by molar-refractivity contribution is 7.07. The Morgan fingerprint density at radius 2 is 1.94 bits per heavy atom. The van der Waals surface area contributed by atoms with E-state index >= 15 is 0 Å². The minimum atomic E-state index is -0.787. The lowest BCUT2D eigenvalue weighted by Crippen LogP contribution is -2.40. The molecule has 1 atom stereocenters. The third-order valence-corrected chi connectivity index (χ3v) is 6.37. The monoisotopic (exact) mass is 482 g/mol. The van der Waals surface area contributed by atoms with Gasteiger partial charge in [0.2, 0.25) is 0 Å². The summed E-state index contributed by atoms with van der Waals surface area (Å²) in [5.41, 5.74) is 1.56. The molecule has 3 aromatic rings. The molecule has 2 aromatic carbocycles. The lowest BCUT2D eigenvalue weighted by atomic mass is 9.95. The molecule has 0 bridgehead atoms. The van der Waals surface area contributed by atoms with E-state index in [0.717, 1.165) is 0 Å². The molecule has 0 radical (unpaired) electrons. The van der Waals surface area contributed by atoms with Crippen LogP contribution >= 0.6 is 11.3 Å². The Bertz CT molecular complexity index is 1470. The number of methoxy groups -OCH3 is 2. The molecule has 1 aliphatic heterocycles. The zero-order valence-corrected chi connectivity index (χ0v) is 19.9. The Kier molecular flexibility index (Phi) is 6.65. The lowest BCUT2D eigenvalue weighted by Gasteiger charge is -2.25. The van der Waals surface area contributed by atoms with Crippen LogP contribution in [0.2, 0.25) is 0 Å². The third kappa shape index (κ3) is 4.26. The fourth-order valence-corrected chi connectivity index (χ4v) is 4.92. The second-order valence-electron chi connectivity index (χ2n) is 7.47. The van der Waals surface area contributed by atoms with E-state index in [2.05, 4.69) is 4.99 Å². The summed E-state index contributed by atoms with van der Waals surface area (Å²) in [5.74, 6) is 0.0241. The van der Waals surface area contributed by atoms with E-state index in [1.165, 1.54) is 42.3 Å². The van der Waals surface area contributed by atoms with Crippen molar-refractivity contribution in [3.8, 4) is 11.5 Å². The van der Waals surface area contributed by atoms with Crippen molar-refractivity contribution >= 4 is 23.4 Å². The molecular formula is C25H23FN2O5S. The summed E-state index contributed by atoms with van der Waals surface area (Å²) in [6.07, 6.45) is 1.61. The number of nitrogens with zero attached hydrogens (tertiary/aromatic N) is 2. The van der Waals surface area contributed by atoms with Crippen LogP contribution in [0.1, 0.15) is 31.0 Å². The fraction of sp³-hybridized carbons (Fsp3) is 0.240. The van der Waals surface area contributed by atoms with Crippen LogP contribution < -0.4 is 24.4 Å². The smallest absolute Gasteiger partial charge is 0.338 e. The Morgan fingerprint density at radius 1 is 1.18 bits per heavy atom. The van der Waals surface area contributed by atoms with Gasteiger partial charge in [-0.15, -0.1) is 0 Å². The number of aromatic nitrogens is 1. The van der Waals surface area contributed by atoms with Crippen LogP contribution in [0.3, 0.4) is 0 Å². The molecular weight excluding hydrogens is 459 g/mol. The molecule has 7 nitrogen and oxygen atoms in total. The molecule has 1 aromatic heterocycles. The molecule has 0 fully saturated rings. The Balaban J connectivity index is 1.97. The van der Waals surface area contributed by atoms with Gasteiger partial charge in [-0.25, -0.2) is 14.2 Å². The van der Waals surface area contributed by atoms with Gasteiger partial charge in [0, 0.05) is 0 Å². The van der Waals surface area contributed by atoms with Gasteiger partial charge in [0.15, 0.2) is 16.3 Å². The van der Waals surface area contributed by atoms with Crippen LogP contribution in [0.5, 0.6) is 11.5 Å². The van der Waals surface area contributed by atoms with Gasteiger partial charge in [-0.1, -0.05) is 29.5 Å². The van der Waals surface area contributed by atoms with Crippen molar-refractivity contribution in [2.75, 3.05) is 20.8 Å². The summed E-state index contributed by atoms with van der Waals surface area (Å²) in [6.45, 7) is 3.61. The highest BCUT2D eigenvalue weighted by atomic mass is 32.1. The predicted octanol–water partition coefficient (Wildman–Crippen LogP) is 2.95. The van der Waals surface area contributed by atoms with E-state index in [1.54, 1.807) is 50.3 Å². The molecule has 0 saturated heterocycles. The molecule has 176 valence electrons. The maximum atomic E-state index is 13.7. The van der Waals surface area contributed by atoms with Crippen molar-refractivity contribution < 1.29 is 23.4 Å². The second-order valence-corrected chi connectivity index (χ2v) is 8.48. The first-order chi connectivity index (χ1) is 16.4. The summed E-state index contributed by atoms with van der Waals surface area (Å²) in [7, 11) is 3.04. The maximum Gasteiger partial charge on any atom is 0.338 e. The molecule has 0 N–H and O–H groups in total. The van der Waals surface area contributed by atoms with Crippen molar-refractivity contribution in [1.29, 1.82) is 0 Å². The summed E-state index contributed by atoms with van der Waals surface area (Å²) >= 11 is 1.17. The van der Waals surface area contributed by atoms with Gasteiger partial charge in [0.1, 0.15) is 5.82 Å². The minimum Gasteiger partial charge on any atom is -0.493 e.